The first kappa shape index (κ1) is 22.3. The van der Waals surface area contributed by atoms with Gasteiger partial charge >= 0.3 is 5.97 Å². The fourth-order valence-corrected chi connectivity index (χ4v) is 3.13. The zero-order valence-electron chi connectivity index (χ0n) is 18.5. The number of nitrogens with one attached hydrogen (secondary N) is 1. The van der Waals surface area contributed by atoms with Gasteiger partial charge in [0, 0.05) is 11.7 Å². The molecule has 2 aromatic heterocycles. The van der Waals surface area contributed by atoms with Gasteiger partial charge in [-0.25, -0.2) is 14.5 Å². The Morgan fingerprint density at radius 3 is 2.58 bits per heavy atom. The molecule has 0 spiro atoms. The molecule has 8 nitrogen and oxygen atoms in total. The summed E-state index contributed by atoms with van der Waals surface area (Å²) < 4.78 is 12.6. The molecule has 0 atom stereocenters. The summed E-state index contributed by atoms with van der Waals surface area (Å²) >= 11 is 0. The number of hydrogen-bond acceptors (Lipinski definition) is 6. The Morgan fingerprint density at radius 1 is 1.16 bits per heavy atom. The number of amides is 1. The fourth-order valence-electron chi connectivity index (χ4n) is 3.13. The van der Waals surface area contributed by atoms with Gasteiger partial charge in [-0.05, 0) is 44.9 Å². The molecule has 0 unspecified atom stereocenters. The summed E-state index contributed by atoms with van der Waals surface area (Å²) in [6, 6.07) is 8.90. The molecule has 0 saturated carbocycles. The summed E-state index contributed by atoms with van der Waals surface area (Å²) in [4.78, 5) is 29.9. The van der Waals surface area contributed by atoms with Crippen molar-refractivity contribution >= 4 is 28.6 Å². The van der Waals surface area contributed by atoms with Gasteiger partial charge in [0.1, 0.15) is 5.75 Å². The monoisotopic (exact) mass is 424 g/mol. The van der Waals surface area contributed by atoms with E-state index in [1.807, 2.05) is 40.7 Å². The van der Waals surface area contributed by atoms with Crippen molar-refractivity contribution in [1.82, 2.24) is 14.8 Å². The molecule has 1 amide bonds. The van der Waals surface area contributed by atoms with Crippen molar-refractivity contribution in [2.45, 2.75) is 46.6 Å². The summed E-state index contributed by atoms with van der Waals surface area (Å²) in [5.41, 5.74) is 2.26. The number of rotatable bonds is 8. The number of hydrogen-bond donors (Lipinski definition) is 1. The normalized spacial score (nSPS) is 11.2. The lowest BCUT2D eigenvalue weighted by Crippen LogP contribution is -2.21. The van der Waals surface area contributed by atoms with Crippen molar-refractivity contribution in [2.75, 3.05) is 18.5 Å². The average molecular weight is 425 g/mol. The van der Waals surface area contributed by atoms with E-state index in [2.05, 4.69) is 15.4 Å². The van der Waals surface area contributed by atoms with Crippen LogP contribution in [0.2, 0.25) is 0 Å². The minimum absolute atomic E-state index is 0.0902. The highest BCUT2D eigenvalue weighted by Gasteiger charge is 2.21. The number of fused-ring (bicyclic) bond motifs is 1. The highest BCUT2D eigenvalue weighted by molar-refractivity contribution is 6.04. The molecule has 8 heteroatoms. The molecular weight excluding hydrogens is 396 g/mol. The largest absolute Gasteiger partial charge is 0.492 e. The van der Waals surface area contributed by atoms with E-state index in [4.69, 9.17) is 9.47 Å². The number of ether oxygens (including phenoxy) is 2. The SMILES string of the molecule is CCOc1ccccc1NC(=O)COC(=O)c1cc(C(C)C)nc2c1cnn2C(C)C. The third-order valence-electron chi connectivity index (χ3n) is 4.68. The van der Waals surface area contributed by atoms with E-state index in [9.17, 15) is 9.59 Å². The second-order valence-electron chi connectivity index (χ2n) is 7.72. The van der Waals surface area contributed by atoms with E-state index < -0.39 is 18.5 Å². The Labute approximate surface area is 181 Å². The summed E-state index contributed by atoms with van der Waals surface area (Å²) in [5.74, 6) is -0.369. The topological polar surface area (TPSA) is 95.3 Å². The van der Waals surface area contributed by atoms with Crippen LogP contribution < -0.4 is 10.1 Å². The zero-order valence-corrected chi connectivity index (χ0v) is 18.5. The van der Waals surface area contributed by atoms with Gasteiger partial charge in [0.05, 0.1) is 29.4 Å². The first-order valence-corrected chi connectivity index (χ1v) is 10.4. The molecule has 2 heterocycles. The Kier molecular flexibility index (Phi) is 6.89. The molecular formula is C23H28N4O4. The van der Waals surface area contributed by atoms with Gasteiger partial charge in [0.15, 0.2) is 12.3 Å². The van der Waals surface area contributed by atoms with Gasteiger partial charge in [-0.1, -0.05) is 26.0 Å². The van der Waals surface area contributed by atoms with Crippen LogP contribution in [0.3, 0.4) is 0 Å². The molecule has 1 aromatic carbocycles. The Hall–Kier alpha value is -3.42. The summed E-state index contributed by atoms with van der Waals surface area (Å²) in [6.45, 7) is 9.92. The quantitative estimate of drug-likeness (QED) is 0.541. The minimum Gasteiger partial charge on any atom is -0.492 e. The number of aromatic nitrogens is 3. The van der Waals surface area contributed by atoms with E-state index in [0.717, 1.165) is 5.69 Å². The molecule has 0 radical (unpaired) electrons. The second-order valence-corrected chi connectivity index (χ2v) is 7.72. The Morgan fingerprint density at radius 2 is 1.90 bits per heavy atom. The van der Waals surface area contributed by atoms with E-state index in [1.54, 1.807) is 35.1 Å². The molecule has 0 aliphatic heterocycles. The number of carbonyl (C=O) groups is 2. The van der Waals surface area contributed by atoms with Crippen molar-refractivity contribution in [3.63, 3.8) is 0 Å². The smallest absolute Gasteiger partial charge is 0.339 e. The molecule has 1 N–H and O–H groups in total. The molecule has 0 aliphatic rings. The molecule has 3 rings (SSSR count). The van der Waals surface area contributed by atoms with Crippen LogP contribution in [0.1, 0.15) is 62.6 Å². The van der Waals surface area contributed by atoms with Crippen LogP contribution in [0.4, 0.5) is 5.69 Å². The zero-order chi connectivity index (χ0) is 22.5. The molecule has 31 heavy (non-hydrogen) atoms. The van der Waals surface area contributed by atoms with E-state index in [0.29, 0.717) is 34.6 Å². The summed E-state index contributed by atoms with van der Waals surface area (Å²) in [6.07, 6.45) is 1.61. The number of esters is 1. The minimum atomic E-state index is -0.592. The van der Waals surface area contributed by atoms with Crippen LogP contribution >= 0.6 is 0 Å². The number of nitrogens with zero attached hydrogens (tertiary/aromatic N) is 3. The predicted octanol–water partition coefficient (Wildman–Crippen LogP) is 4.33. The first-order valence-electron chi connectivity index (χ1n) is 10.4. The van der Waals surface area contributed by atoms with Crippen molar-refractivity contribution in [3.8, 4) is 5.75 Å². The molecule has 0 bridgehead atoms. The number of para-hydroxylation sites is 2. The van der Waals surface area contributed by atoms with Gasteiger partial charge in [-0.3, -0.25) is 4.79 Å². The summed E-state index contributed by atoms with van der Waals surface area (Å²) in [7, 11) is 0. The second kappa shape index (κ2) is 9.59. The summed E-state index contributed by atoms with van der Waals surface area (Å²) in [5, 5.41) is 7.69. The maximum Gasteiger partial charge on any atom is 0.339 e. The van der Waals surface area contributed by atoms with Gasteiger partial charge in [0.25, 0.3) is 5.91 Å². The lowest BCUT2D eigenvalue weighted by Gasteiger charge is -2.13. The fraction of sp³-hybridized carbons (Fsp3) is 0.391. The predicted molar refractivity (Wildman–Crippen MR) is 119 cm³/mol. The van der Waals surface area contributed by atoms with Crippen LogP contribution in [0.15, 0.2) is 36.5 Å². The Balaban J connectivity index is 1.78. The highest BCUT2D eigenvalue weighted by Crippen LogP contribution is 2.26. The Bertz CT molecular complexity index is 1090. The average Bonchev–Trinajstić information content (AvgIpc) is 3.17. The maximum absolute atomic E-state index is 12.8. The van der Waals surface area contributed by atoms with Crippen molar-refractivity contribution in [3.05, 3.63) is 47.8 Å². The van der Waals surface area contributed by atoms with E-state index >= 15 is 0 Å². The lowest BCUT2D eigenvalue weighted by atomic mass is 10.1. The van der Waals surface area contributed by atoms with Crippen molar-refractivity contribution < 1.29 is 19.1 Å². The molecule has 0 fully saturated rings. The van der Waals surface area contributed by atoms with Crippen LogP contribution in [0, 0.1) is 0 Å². The van der Waals surface area contributed by atoms with Gasteiger partial charge < -0.3 is 14.8 Å². The van der Waals surface area contributed by atoms with Crippen molar-refractivity contribution in [1.29, 1.82) is 0 Å². The van der Waals surface area contributed by atoms with Gasteiger partial charge in [0.2, 0.25) is 0 Å². The van der Waals surface area contributed by atoms with Crippen molar-refractivity contribution in [2.24, 2.45) is 0 Å². The molecule has 0 saturated heterocycles. The maximum atomic E-state index is 12.8. The standard InChI is InChI=1S/C23H28N4O4/c1-6-30-20-10-8-7-9-18(20)25-21(28)13-31-23(29)16-11-19(14(2)3)26-22-17(16)12-24-27(22)15(4)5/h7-12,14-15H,6,13H2,1-5H3,(H,25,28). The number of benzene rings is 1. The number of carbonyl (C=O) groups excluding carboxylic acids is 2. The lowest BCUT2D eigenvalue weighted by molar-refractivity contribution is -0.119. The van der Waals surface area contributed by atoms with Crippen LogP contribution in [-0.4, -0.2) is 39.9 Å². The molecule has 3 aromatic rings. The number of pyridine rings is 1. The van der Waals surface area contributed by atoms with Gasteiger partial charge in [-0.2, -0.15) is 5.10 Å². The van der Waals surface area contributed by atoms with Gasteiger partial charge in [-0.15, -0.1) is 0 Å². The van der Waals surface area contributed by atoms with E-state index in [-0.39, 0.29) is 12.0 Å². The first-order chi connectivity index (χ1) is 14.8. The highest BCUT2D eigenvalue weighted by atomic mass is 16.5. The number of anilines is 1. The molecule has 164 valence electrons. The third kappa shape index (κ3) is 5.02. The van der Waals surface area contributed by atoms with Crippen LogP contribution in [0.5, 0.6) is 5.75 Å². The van der Waals surface area contributed by atoms with Crippen LogP contribution in [0.25, 0.3) is 11.0 Å². The third-order valence-corrected chi connectivity index (χ3v) is 4.68. The van der Waals surface area contributed by atoms with Crippen LogP contribution in [-0.2, 0) is 9.53 Å². The van der Waals surface area contributed by atoms with E-state index in [1.165, 1.54) is 0 Å². The molecule has 0 aliphatic carbocycles.